The van der Waals surface area contributed by atoms with E-state index in [2.05, 4.69) is 15.6 Å². The maximum Gasteiger partial charge on any atom is 0.244 e. The van der Waals surface area contributed by atoms with E-state index in [1.54, 1.807) is 0 Å². The average molecular weight is 419 g/mol. The minimum Gasteiger partial charge on any atom is -0.349 e. The van der Waals surface area contributed by atoms with Crippen LogP contribution in [0, 0.1) is 19.8 Å². The van der Waals surface area contributed by atoms with Gasteiger partial charge in [-0.3, -0.25) is 9.59 Å². The van der Waals surface area contributed by atoms with Gasteiger partial charge in [0.05, 0.1) is 17.6 Å². The molecule has 6 heteroatoms. The lowest BCUT2D eigenvalue weighted by Gasteiger charge is -2.20. The third kappa shape index (κ3) is 4.95. The second-order valence-corrected chi connectivity index (χ2v) is 8.50. The summed E-state index contributed by atoms with van der Waals surface area (Å²) in [6.07, 6.45) is 5.38. The maximum absolute atomic E-state index is 12.8. The fourth-order valence-electron chi connectivity index (χ4n) is 4.28. The Morgan fingerprint density at radius 1 is 1.03 bits per heavy atom. The van der Waals surface area contributed by atoms with E-state index in [1.807, 2.05) is 60.9 Å². The number of anilines is 1. The van der Waals surface area contributed by atoms with Gasteiger partial charge in [0.2, 0.25) is 11.8 Å². The predicted molar refractivity (Wildman–Crippen MR) is 123 cm³/mol. The normalized spacial score (nSPS) is 14.5. The van der Waals surface area contributed by atoms with Crippen molar-refractivity contribution in [2.45, 2.75) is 59.0 Å². The standard InChI is InChI=1S/C25H30N4O2/c1-17-12-13-20(14-18(17)2)27-24(30)16-29-22-11-7-6-10-21(22)28-23(29)15-26-25(31)19-8-4-3-5-9-19/h6-7,10-14,19H,3-5,8-9,15-16H2,1-2H3,(H,26,31)(H,27,30). The highest BCUT2D eigenvalue weighted by atomic mass is 16.2. The fourth-order valence-corrected chi connectivity index (χ4v) is 4.28. The van der Waals surface area contributed by atoms with Crippen molar-refractivity contribution in [2.24, 2.45) is 5.92 Å². The van der Waals surface area contributed by atoms with Crippen molar-refractivity contribution in [3.63, 3.8) is 0 Å². The smallest absolute Gasteiger partial charge is 0.244 e. The van der Waals surface area contributed by atoms with Crippen LogP contribution in [0.15, 0.2) is 42.5 Å². The van der Waals surface area contributed by atoms with Crippen LogP contribution in [-0.4, -0.2) is 21.4 Å². The van der Waals surface area contributed by atoms with Gasteiger partial charge < -0.3 is 15.2 Å². The van der Waals surface area contributed by atoms with Crippen LogP contribution in [0.1, 0.15) is 49.1 Å². The summed E-state index contributed by atoms with van der Waals surface area (Å²) >= 11 is 0. The second kappa shape index (κ2) is 9.33. The molecule has 6 nitrogen and oxygen atoms in total. The molecular weight excluding hydrogens is 388 g/mol. The monoisotopic (exact) mass is 418 g/mol. The lowest BCUT2D eigenvalue weighted by molar-refractivity contribution is -0.126. The molecule has 2 aromatic carbocycles. The Kier molecular flexibility index (Phi) is 6.35. The van der Waals surface area contributed by atoms with E-state index in [4.69, 9.17) is 0 Å². The van der Waals surface area contributed by atoms with E-state index < -0.39 is 0 Å². The Labute approximate surface area is 183 Å². The van der Waals surface area contributed by atoms with Crippen molar-refractivity contribution >= 4 is 28.5 Å². The van der Waals surface area contributed by atoms with Crippen molar-refractivity contribution in [1.82, 2.24) is 14.9 Å². The first-order valence-corrected chi connectivity index (χ1v) is 11.1. The zero-order chi connectivity index (χ0) is 21.8. The molecule has 3 aromatic rings. The number of aromatic nitrogens is 2. The van der Waals surface area contributed by atoms with Gasteiger partial charge in [0.1, 0.15) is 12.4 Å². The minimum absolute atomic E-state index is 0.0953. The molecule has 0 bridgehead atoms. The zero-order valence-electron chi connectivity index (χ0n) is 18.3. The van der Waals surface area contributed by atoms with E-state index in [0.29, 0.717) is 12.4 Å². The molecule has 1 aliphatic carbocycles. The van der Waals surface area contributed by atoms with Gasteiger partial charge in [-0.1, -0.05) is 37.5 Å². The second-order valence-electron chi connectivity index (χ2n) is 8.50. The summed E-state index contributed by atoms with van der Waals surface area (Å²) in [6.45, 7) is 4.54. The third-order valence-electron chi connectivity index (χ3n) is 6.22. The lowest BCUT2D eigenvalue weighted by atomic mass is 9.89. The van der Waals surface area contributed by atoms with Crippen LogP contribution in [0.25, 0.3) is 11.0 Å². The molecule has 0 unspecified atom stereocenters. The molecule has 1 aromatic heterocycles. The molecule has 0 radical (unpaired) electrons. The number of imidazole rings is 1. The molecule has 2 amide bonds. The number of aryl methyl sites for hydroxylation is 2. The van der Waals surface area contributed by atoms with E-state index in [0.717, 1.165) is 48.0 Å². The Hall–Kier alpha value is -3.15. The zero-order valence-corrected chi connectivity index (χ0v) is 18.3. The first kappa shape index (κ1) is 21.1. The van der Waals surface area contributed by atoms with Crippen LogP contribution in [0.5, 0.6) is 0 Å². The van der Waals surface area contributed by atoms with E-state index in [-0.39, 0.29) is 24.3 Å². The summed E-state index contributed by atoms with van der Waals surface area (Å²) in [5.74, 6) is 0.768. The minimum atomic E-state index is -0.119. The Morgan fingerprint density at radius 2 is 1.81 bits per heavy atom. The number of rotatable bonds is 6. The van der Waals surface area contributed by atoms with Crippen LogP contribution >= 0.6 is 0 Å². The number of fused-ring (bicyclic) bond motifs is 1. The number of hydrogen-bond donors (Lipinski definition) is 2. The van der Waals surface area contributed by atoms with Gasteiger partial charge in [0.15, 0.2) is 0 Å². The van der Waals surface area contributed by atoms with Crippen LogP contribution in [-0.2, 0) is 22.7 Å². The van der Waals surface area contributed by atoms with Crippen LogP contribution in [0.2, 0.25) is 0 Å². The van der Waals surface area contributed by atoms with Gasteiger partial charge in [-0.25, -0.2) is 4.98 Å². The highest BCUT2D eigenvalue weighted by Gasteiger charge is 2.22. The fraction of sp³-hybridized carbons (Fsp3) is 0.400. The molecule has 4 rings (SSSR count). The largest absolute Gasteiger partial charge is 0.349 e. The van der Waals surface area contributed by atoms with E-state index >= 15 is 0 Å². The summed E-state index contributed by atoms with van der Waals surface area (Å²) in [6, 6.07) is 13.6. The summed E-state index contributed by atoms with van der Waals surface area (Å²) < 4.78 is 1.90. The van der Waals surface area contributed by atoms with Crippen LogP contribution in [0.4, 0.5) is 5.69 Å². The Morgan fingerprint density at radius 3 is 2.58 bits per heavy atom. The molecule has 162 valence electrons. The predicted octanol–water partition coefficient (Wildman–Crippen LogP) is 4.49. The summed E-state index contributed by atoms with van der Waals surface area (Å²) in [7, 11) is 0. The number of amides is 2. The number of carbonyl (C=O) groups is 2. The Balaban J connectivity index is 1.49. The number of carbonyl (C=O) groups excluding carboxylic acids is 2. The number of benzene rings is 2. The summed E-state index contributed by atoms with van der Waals surface area (Å²) in [5, 5.41) is 6.03. The van der Waals surface area contributed by atoms with E-state index in [9.17, 15) is 9.59 Å². The van der Waals surface area contributed by atoms with Crippen molar-refractivity contribution in [1.29, 1.82) is 0 Å². The van der Waals surface area contributed by atoms with Gasteiger partial charge in [-0.2, -0.15) is 0 Å². The van der Waals surface area contributed by atoms with Gasteiger partial charge in [-0.15, -0.1) is 0 Å². The SMILES string of the molecule is Cc1ccc(NC(=O)Cn2c(CNC(=O)C3CCCCC3)nc3ccccc32)cc1C. The van der Waals surface area contributed by atoms with Gasteiger partial charge in [0, 0.05) is 11.6 Å². The van der Waals surface area contributed by atoms with Gasteiger partial charge in [-0.05, 0) is 62.1 Å². The molecule has 1 aliphatic rings. The molecule has 0 spiro atoms. The molecule has 1 heterocycles. The van der Waals surface area contributed by atoms with Gasteiger partial charge in [0.25, 0.3) is 0 Å². The first-order valence-electron chi connectivity index (χ1n) is 11.1. The van der Waals surface area contributed by atoms with Crippen molar-refractivity contribution in [2.75, 3.05) is 5.32 Å². The number of hydrogen-bond acceptors (Lipinski definition) is 3. The number of nitrogens with zero attached hydrogens (tertiary/aromatic N) is 2. The first-order chi connectivity index (χ1) is 15.0. The number of nitrogens with one attached hydrogen (secondary N) is 2. The lowest BCUT2D eigenvalue weighted by Crippen LogP contribution is -2.32. The molecule has 0 aliphatic heterocycles. The van der Waals surface area contributed by atoms with E-state index in [1.165, 1.54) is 12.0 Å². The Bertz CT molecular complexity index is 1100. The molecule has 0 saturated heterocycles. The van der Waals surface area contributed by atoms with Crippen molar-refractivity contribution in [3.05, 3.63) is 59.4 Å². The average Bonchev–Trinajstić information content (AvgIpc) is 3.12. The molecule has 0 atom stereocenters. The maximum atomic E-state index is 12.8. The highest BCUT2D eigenvalue weighted by molar-refractivity contribution is 5.92. The number of para-hydroxylation sites is 2. The molecule has 31 heavy (non-hydrogen) atoms. The molecular formula is C25H30N4O2. The topological polar surface area (TPSA) is 76.0 Å². The quantitative estimate of drug-likeness (QED) is 0.619. The van der Waals surface area contributed by atoms with Gasteiger partial charge >= 0.3 is 0 Å². The third-order valence-corrected chi connectivity index (χ3v) is 6.22. The summed E-state index contributed by atoms with van der Waals surface area (Å²) in [4.78, 5) is 30.1. The molecule has 2 N–H and O–H groups in total. The van der Waals surface area contributed by atoms with Crippen LogP contribution < -0.4 is 10.6 Å². The van der Waals surface area contributed by atoms with Crippen molar-refractivity contribution in [3.8, 4) is 0 Å². The molecule has 1 fully saturated rings. The van der Waals surface area contributed by atoms with Crippen molar-refractivity contribution < 1.29 is 9.59 Å². The summed E-state index contributed by atoms with van der Waals surface area (Å²) in [5.41, 5.74) is 4.82. The van der Waals surface area contributed by atoms with Crippen LogP contribution in [0.3, 0.4) is 0 Å². The molecule has 1 saturated carbocycles. The highest BCUT2D eigenvalue weighted by Crippen LogP contribution is 2.24.